The van der Waals surface area contributed by atoms with Crippen molar-refractivity contribution in [1.82, 2.24) is 24.4 Å². The number of nitrogens with one attached hydrogen (secondary N) is 1. The molecule has 40 heavy (non-hydrogen) atoms. The van der Waals surface area contributed by atoms with Gasteiger partial charge in [0.15, 0.2) is 0 Å². The number of imidazole rings is 1. The van der Waals surface area contributed by atoms with Crippen LogP contribution in [0.2, 0.25) is 0 Å². The van der Waals surface area contributed by atoms with E-state index in [1.165, 1.54) is 12.1 Å². The molecule has 1 N–H and O–H groups in total. The van der Waals surface area contributed by atoms with E-state index in [4.69, 9.17) is 19.4 Å². The quantitative estimate of drug-likeness (QED) is 0.234. The lowest BCUT2D eigenvalue weighted by atomic mass is 10.1. The number of hydrogen-bond acceptors (Lipinski definition) is 7. The minimum Gasteiger partial charge on any atom is -0.494 e. The van der Waals surface area contributed by atoms with Crippen LogP contribution in [0, 0.1) is 5.82 Å². The van der Waals surface area contributed by atoms with Crippen LogP contribution in [0.1, 0.15) is 37.7 Å². The van der Waals surface area contributed by atoms with Gasteiger partial charge in [-0.1, -0.05) is 18.2 Å². The predicted octanol–water partition coefficient (Wildman–Crippen LogP) is 5.61. The highest BCUT2D eigenvalue weighted by Crippen LogP contribution is 2.39. The first-order chi connectivity index (χ1) is 19.6. The lowest BCUT2D eigenvalue weighted by Gasteiger charge is -2.28. The van der Waals surface area contributed by atoms with Gasteiger partial charge < -0.3 is 19.4 Å². The summed E-state index contributed by atoms with van der Waals surface area (Å²) in [6.45, 7) is 8.35. The van der Waals surface area contributed by atoms with E-state index in [0.717, 1.165) is 78.8 Å². The smallest absolute Gasteiger partial charge is 0.223 e. The molecule has 0 aliphatic carbocycles. The number of fused-ring (bicyclic) bond motifs is 1. The molecule has 0 bridgehead atoms. The van der Waals surface area contributed by atoms with Gasteiger partial charge in [-0.05, 0) is 56.7 Å². The van der Waals surface area contributed by atoms with Crippen LogP contribution in [-0.4, -0.2) is 64.4 Å². The van der Waals surface area contributed by atoms with E-state index in [2.05, 4.69) is 31.9 Å². The summed E-state index contributed by atoms with van der Waals surface area (Å²) in [4.78, 5) is 16.7. The van der Waals surface area contributed by atoms with Crippen molar-refractivity contribution < 1.29 is 13.9 Å². The van der Waals surface area contributed by atoms with Crippen LogP contribution in [0.15, 0.2) is 60.8 Å². The molecule has 210 valence electrons. The zero-order chi connectivity index (χ0) is 27.9. The van der Waals surface area contributed by atoms with E-state index in [1.807, 2.05) is 32.0 Å². The Labute approximate surface area is 235 Å². The van der Waals surface area contributed by atoms with Crippen molar-refractivity contribution in [1.29, 1.82) is 0 Å². The summed E-state index contributed by atoms with van der Waals surface area (Å²) in [6.07, 6.45) is 3.60. The fraction of sp³-hybridized carbons (Fsp3) is 0.387. The molecular formula is C31H37FN6O2. The molecule has 1 aliphatic heterocycles. The third-order valence-corrected chi connectivity index (χ3v) is 7.15. The molecule has 5 rings (SSSR count). The van der Waals surface area contributed by atoms with Gasteiger partial charge in [0.2, 0.25) is 5.95 Å². The third kappa shape index (κ3) is 6.16. The number of benzene rings is 2. The molecule has 0 radical (unpaired) electrons. The molecule has 9 heteroatoms. The second kappa shape index (κ2) is 13.0. The second-order valence-electron chi connectivity index (χ2n) is 9.86. The zero-order valence-corrected chi connectivity index (χ0v) is 23.4. The van der Waals surface area contributed by atoms with Gasteiger partial charge in [-0.15, -0.1) is 0 Å². The lowest BCUT2D eigenvalue weighted by molar-refractivity contribution is 0.133. The van der Waals surface area contributed by atoms with Gasteiger partial charge in [-0.3, -0.25) is 4.90 Å². The number of para-hydroxylation sites is 1. The number of nitrogens with zero attached hydrogens (tertiary/aromatic N) is 5. The normalized spacial score (nSPS) is 14.5. The van der Waals surface area contributed by atoms with E-state index in [1.54, 1.807) is 25.4 Å². The van der Waals surface area contributed by atoms with E-state index >= 15 is 0 Å². The first kappa shape index (κ1) is 27.7. The SMILES string of the molecule is CCNc1nccc(-c2c(-c3ccc(F)cc3)nc3n2C(CN(CCOC)Cc2ccccc2OCC)CC3)n1. The topological polar surface area (TPSA) is 77.3 Å². The number of aryl methyl sites for hydroxylation is 1. The van der Waals surface area contributed by atoms with E-state index in [0.29, 0.717) is 19.2 Å². The molecule has 1 atom stereocenters. The molecule has 0 fully saturated rings. The van der Waals surface area contributed by atoms with Gasteiger partial charge in [0, 0.05) is 63.1 Å². The van der Waals surface area contributed by atoms with E-state index < -0.39 is 0 Å². The maximum atomic E-state index is 13.8. The van der Waals surface area contributed by atoms with Gasteiger partial charge >= 0.3 is 0 Å². The van der Waals surface area contributed by atoms with Crippen molar-refractivity contribution in [2.75, 3.05) is 45.3 Å². The Morgan fingerprint density at radius 3 is 2.67 bits per heavy atom. The first-order valence-electron chi connectivity index (χ1n) is 14.0. The average molecular weight is 545 g/mol. The Kier molecular flexibility index (Phi) is 9.03. The van der Waals surface area contributed by atoms with Crippen LogP contribution in [0.5, 0.6) is 5.75 Å². The molecule has 2 aromatic heterocycles. The fourth-order valence-electron chi connectivity index (χ4n) is 5.36. The average Bonchev–Trinajstić information content (AvgIpc) is 3.53. The Morgan fingerprint density at radius 1 is 1.07 bits per heavy atom. The molecule has 0 saturated heterocycles. The minimum atomic E-state index is -0.271. The predicted molar refractivity (Wildman–Crippen MR) is 155 cm³/mol. The van der Waals surface area contributed by atoms with Crippen LogP contribution in [-0.2, 0) is 17.7 Å². The van der Waals surface area contributed by atoms with Crippen molar-refractivity contribution >= 4 is 5.95 Å². The Morgan fingerprint density at radius 2 is 1.90 bits per heavy atom. The number of anilines is 1. The first-order valence-corrected chi connectivity index (χ1v) is 14.0. The standard InChI is InChI=1S/C31H37FN6O2/c1-4-33-31-34-17-16-26(35-31)30-29(22-10-12-24(32)13-11-22)36-28-15-14-25(38(28)30)21-37(18-19-39-3)20-23-8-6-7-9-27(23)40-5-2/h6-13,16-17,25H,4-5,14-15,18-21H2,1-3H3,(H,33,34,35). The van der Waals surface area contributed by atoms with Crippen molar-refractivity contribution in [3.63, 3.8) is 0 Å². The van der Waals surface area contributed by atoms with Gasteiger partial charge in [0.1, 0.15) is 17.4 Å². The van der Waals surface area contributed by atoms with Crippen LogP contribution in [0.3, 0.4) is 0 Å². The fourth-order valence-corrected chi connectivity index (χ4v) is 5.36. The number of methoxy groups -OCH3 is 1. The number of ether oxygens (including phenoxy) is 2. The van der Waals surface area contributed by atoms with Crippen molar-refractivity contribution in [3.8, 4) is 28.4 Å². The molecule has 0 saturated carbocycles. The minimum absolute atomic E-state index is 0.181. The van der Waals surface area contributed by atoms with Crippen LogP contribution >= 0.6 is 0 Å². The number of rotatable bonds is 13. The van der Waals surface area contributed by atoms with Crippen molar-refractivity contribution in [2.24, 2.45) is 0 Å². The molecule has 8 nitrogen and oxygen atoms in total. The van der Waals surface area contributed by atoms with E-state index in [9.17, 15) is 4.39 Å². The number of hydrogen-bond donors (Lipinski definition) is 1. The molecule has 1 unspecified atom stereocenters. The van der Waals surface area contributed by atoms with Crippen molar-refractivity contribution in [2.45, 2.75) is 39.3 Å². The Bertz CT molecular complexity index is 1410. The van der Waals surface area contributed by atoms with Crippen LogP contribution in [0.25, 0.3) is 22.6 Å². The summed E-state index contributed by atoms with van der Waals surface area (Å²) in [7, 11) is 1.74. The Hall–Kier alpha value is -3.82. The monoisotopic (exact) mass is 544 g/mol. The van der Waals surface area contributed by atoms with Crippen LogP contribution in [0.4, 0.5) is 10.3 Å². The van der Waals surface area contributed by atoms with E-state index in [-0.39, 0.29) is 11.9 Å². The largest absolute Gasteiger partial charge is 0.494 e. The summed E-state index contributed by atoms with van der Waals surface area (Å²) in [5.74, 6) is 2.24. The second-order valence-corrected chi connectivity index (χ2v) is 9.86. The van der Waals surface area contributed by atoms with Gasteiger partial charge in [0.25, 0.3) is 0 Å². The highest BCUT2D eigenvalue weighted by atomic mass is 19.1. The molecule has 1 aliphatic rings. The summed E-state index contributed by atoms with van der Waals surface area (Å²) < 4.78 is 27.5. The maximum Gasteiger partial charge on any atom is 0.223 e. The maximum absolute atomic E-state index is 13.8. The summed E-state index contributed by atoms with van der Waals surface area (Å²) in [5.41, 5.74) is 4.56. The lowest BCUT2D eigenvalue weighted by Crippen LogP contribution is -2.32. The molecule has 4 aromatic rings. The number of halogens is 1. The molecule has 0 amide bonds. The summed E-state index contributed by atoms with van der Waals surface area (Å²) >= 11 is 0. The van der Waals surface area contributed by atoms with Gasteiger partial charge in [-0.2, -0.15) is 0 Å². The highest BCUT2D eigenvalue weighted by Gasteiger charge is 2.32. The van der Waals surface area contributed by atoms with Gasteiger partial charge in [0.05, 0.1) is 30.3 Å². The highest BCUT2D eigenvalue weighted by molar-refractivity contribution is 5.78. The Balaban J connectivity index is 1.53. The zero-order valence-electron chi connectivity index (χ0n) is 23.4. The van der Waals surface area contributed by atoms with Crippen molar-refractivity contribution in [3.05, 3.63) is 78.0 Å². The number of aromatic nitrogens is 4. The summed E-state index contributed by atoms with van der Waals surface area (Å²) in [5, 5.41) is 3.22. The summed E-state index contributed by atoms with van der Waals surface area (Å²) in [6, 6.07) is 16.9. The van der Waals surface area contributed by atoms with Gasteiger partial charge in [-0.25, -0.2) is 19.3 Å². The van der Waals surface area contributed by atoms with Crippen LogP contribution < -0.4 is 10.1 Å². The molecule has 2 aromatic carbocycles. The molecular weight excluding hydrogens is 507 g/mol. The molecule has 3 heterocycles. The third-order valence-electron chi connectivity index (χ3n) is 7.15. The molecule has 0 spiro atoms.